The maximum atomic E-state index is 4.77. The fourth-order valence-corrected chi connectivity index (χ4v) is 3.36. The Bertz CT molecular complexity index is 588. The molecular formula is C16H18N2. The Hall–Kier alpha value is -1.57. The van der Waals surface area contributed by atoms with E-state index in [1.54, 1.807) is 5.56 Å². The Balaban J connectivity index is 1.78. The van der Waals surface area contributed by atoms with Crippen molar-refractivity contribution in [2.45, 2.75) is 45.1 Å². The molecule has 1 aliphatic carbocycles. The van der Waals surface area contributed by atoms with Gasteiger partial charge >= 0.3 is 0 Å². The molecule has 2 heterocycles. The number of fused-ring (bicyclic) bond motifs is 2. The molecule has 0 fully saturated rings. The van der Waals surface area contributed by atoms with Crippen molar-refractivity contribution in [2.24, 2.45) is 0 Å². The standard InChI is InChI=1S/C16H18N2/c1-11-4-5-12-6-7-13(9-14(11)12)15-10-18-8-2-3-16(18)17-15/h6-7,9-11H,2-5,8H2,1H3/t11-/m1/s1. The second-order valence-electron chi connectivity index (χ2n) is 5.69. The average molecular weight is 238 g/mol. The van der Waals surface area contributed by atoms with Gasteiger partial charge in [-0.2, -0.15) is 0 Å². The maximum Gasteiger partial charge on any atom is 0.109 e. The van der Waals surface area contributed by atoms with Crippen LogP contribution in [0.1, 0.15) is 42.6 Å². The Morgan fingerprint density at radius 3 is 3.11 bits per heavy atom. The van der Waals surface area contributed by atoms with Gasteiger partial charge in [0.15, 0.2) is 0 Å². The van der Waals surface area contributed by atoms with E-state index < -0.39 is 0 Å². The molecule has 2 nitrogen and oxygen atoms in total. The van der Waals surface area contributed by atoms with E-state index >= 15 is 0 Å². The summed E-state index contributed by atoms with van der Waals surface area (Å²) >= 11 is 0. The summed E-state index contributed by atoms with van der Waals surface area (Å²) in [7, 11) is 0. The van der Waals surface area contributed by atoms with Crippen molar-refractivity contribution in [2.75, 3.05) is 0 Å². The second kappa shape index (κ2) is 3.71. The number of hydrogen-bond donors (Lipinski definition) is 0. The predicted molar refractivity (Wildman–Crippen MR) is 72.7 cm³/mol. The Kier molecular flexibility index (Phi) is 2.14. The van der Waals surface area contributed by atoms with Crippen LogP contribution >= 0.6 is 0 Å². The molecule has 0 saturated heterocycles. The average Bonchev–Trinajstić information content (AvgIpc) is 3.03. The highest BCUT2D eigenvalue weighted by Crippen LogP contribution is 2.35. The molecule has 0 N–H and O–H groups in total. The third kappa shape index (κ3) is 1.45. The third-order valence-electron chi connectivity index (χ3n) is 4.48. The highest BCUT2D eigenvalue weighted by atomic mass is 15.1. The molecule has 2 heteroatoms. The van der Waals surface area contributed by atoms with Crippen LogP contribution in [0.4, 0.5) is 0 Å². The highest BCUT2D eigenvalue weighted by molar-refractivity contribution is 5.62. The zero-order valence-electron chi connectivity index (χ0n) is 10.8. The van der Waals surface area contributed by atoms with Gasteiger partial charge in [0.05, 0.1) is 5.69 Å². The van der Waals surface area contributed by atoms with Crippen LogP contribution < -0.4 is 0 Å². The first kappa shape index (κ1) is 10.4. The van der Waals surface area contributed by atoms with Crippen LogP contribution in [0.25, 0.3) is 11.3 Å². The topological polar surface area (TPSA) is 17.8 Å². The number of rotatable bonds is 1. The summed E-state index contributed by atoms with van der Waals surface area (Å²) in [5.74, 6) is 1.98. The first-order valence-electron chi connectivity index (χ1n) is 7.00. The van der Waals surface area contributed by atoms with Gasteiger partial charge in [-0.15, -0.1) is 0 Å². The quantitative estimate of drug-likeness (QED) is 0.743. The van der Waals surface area contributed by atoms with Crippen LogP contribution in [-0.2, 0) is 19.4 Å². The predicted octanol–water partition coefficient (Wildman–Crippen LogP) is 3.55. The largest absolute Gasteiger partial charge is 0.334 e. The molecule has 0 amide bonds. The Morgan fingerprint density at radius 2 is 2.22 bits per heavy atom. The number of aromatic nitrogens is 2. The van der Waals surface area contributed by atoms with Crippen LogP contribution in [0.3, 0.4) is 0 Å². The van der Waals surface area contributed by atoms with Gasteiger partial charge in [0.25, 0.3) is 0 Å². The molecule has 2 aromatic rings. The minimum atomic E-state index is 0.717. The lowest BCUT2D eigenvalue weighted by Gasteiger charge is -2.06. The number of benzene rings is 1. The lowest BCUT2D eigenvalue weighted by molar-refractivity contribution is 0.747. The van der Waals surface area contributed by atoms with Crippen LogP contribution in [-0.4, -0.2) is 9.55 Å². The number of imidazole rings is 1. The fraction of sp³-hybridized carbons (Fsp3) is 0.438. The molecular weight excluding hydrogens is 220 g/mol. The number of aryl methyl sites for hydroxylation is 3. The minimum absolute atomic E-state index is 0.717. The van der Waals surface area contributed by atoms with Gasteiger partial charge in [-0.1, -0.05) is 19.1 Å². The van der Waals surface area contributed by atoms with E-state index in [1.165, 1.54) is 36.2 Å². The number of hydrogen-bond acceptors (Lipinski definition) is 1. The van der Waals surface area contributed by atoms with Crippen LogP contribution in [0.2, 0.25) is 0 Å². The van der Waals surface area contributed by atoms with Gasteiger partial charge in [0.1, 0.15) is 5.82 Å². The van der Waals surface area contributed by atoms with E-state index in [9.17, 15) is 0 Å². The van der Waals surface area contributed by atoms with Crippen molar-refractivity contribution in [3.8, 4) is 11.3 Å². The summed E-state index contributed by atoms with van der Waals surface area (Å²) in [6, 6.07) is 6.92. The van der Waals surface area contributed by atoms with E-state index in [1.807, 2.05) is 0 Å². The van der Waals surface area contributed by atoms with Crippen LogP contribution in [0.15, 0.2) is 24.4 Å². The summed E-state index contributed by atoms with van der Waals surface area (Å²) in [5.41, 5.74) is 5.54. The molecule has 1 aliphatic heterocycles. The zero-order chi connectivity index (χ0) is 12.1. The summed E-state index contributed by atoms with van der Waals surface area (Å²) in [5, 5.41) is 0. The molecule has 92 valence electrons. The molecule has 1 aromatic heterocycles. The summed E-state index contributed by atoms with van der Waals surface area (Å²) < 4.78 is 2.31. The van der Waals surface area contributed by atoms with Crippen molar-refractivity contribution in [1.82, 2.24) is 9.55 Å². The molecule has 0 unspecified atom stereocenters. The molecule has 1 aromatic carbocycles. The third-order valence-corrected chi connectivity index (χ3v) is 4.48. The van der Waals surface area contributed by atoms with Crippen molar-refractivity contribution in [3.63, 3.8) is 0 Å². The van der Waals surface area contributed by atoms with E-state index in [-0.39, 0.29) is 0 Å². The summed E-state index contributed by atoms with van der Waals surface area (Å²) in [6.07, 6.45) is 7.17. The first-order valence-corrected chi connectivity index (χ1v) is 7.00. The Labute approximate surface area is 108 Å². The van der Waals surface area contributed by atoms with Gasteiger partial charge in [-0.25, -0.2) is 4.98 Å². The van der Waals surface area contributed by atoms with Crippen LogP contribution in [0.5, 0.6) is 0 Å². The molecule has 0 spiro atoms. The van der Waals surface area contributed by atoms with Gasteiger partial charge < -0.3 is 4.57 Å². The van der Waals surface area contributed by atoms with Gasteiger partial charge in [0, 0.05) is 24.7 Å². The first-order chi connectivity index (χ1) is 8.81. The van der Waals surface area contributed by atoms with Crippen molar-refractivity contribution < 1.29 is 0 Å². The lowest BCUT2D eigenvalue weighted by Crippen LogP contribution is -1.89. The summed E-state index contributed by atoms with van der Waals surface area (Å²) in [4.78, 5) is 4.77. The normalized spacial score (nSPS) is 21.1. The minimum Gasteiger partial charge on any atom is -0.334 e. The second-order valence-corrected chi connectivity index (χ2v) is 5.69. The van der Waals surface area contributed by atoms with Gasteiger partial charge in [-0.05, 0) is 42.4 Å². The van der Waals surface area contributed by atoms with Crippen molar-refractivity contribution in [3.05, 3.63) is 41.3 Å². The molecule has 1 atom stereocenters. The van der Waals surface area contributed by atoms with Gasteiger partial charge in [0.2, 0.25) is 0 Å². The molecule has 18 heavy (non-hydrogen) atoms. The Morgan fingerprint density at radius 1 is 1.28 bits per heavy atom. The smallest absolute Gasteiger partial charge is 0.109 e. The molecule has 4 rings (SSSR count). The van der Waals surface area contributed by atoms with E-state index in [0.29, 0.717) is 0 Å². The molecule has 2 aliphatic rings. The summed E-state index contributed by atoms with van der Waals surface area (Å²) in [6.45, 7) is 3.48. The van der Waals surface area contributed by atoms with E-state index in [4.69, 9.17) is 4.98 Å². The molecule has 0 bridgehead atoms. The lowest BCUT2D eigenvalue weighted by atomic mass is 10.00. The highest BCUT2D eigenvalue weighted by Gasteiger charge is 2.20. The maximum absolute atomic E-state index is 4.77. The fourth-order valence-electron chi connectivity index (χ4n) is 3.36. The van der Waals surface area contributed by atoms with Crippen molar-refractivity contribution in [1.29, 1.82) is 0 Å². The van der Waals surface area contributed by atoms with E-state index in [0.717, 1.165) is 24.6 Å². The van der Waals surface area contributed by atoms with E-state index in [2.05, 4.69) is 35.9 Å². The number of nitrogens with zero attached hydrogens (tertiary/aromatic N) is 2. The van der Waals surface area contributed by atoms with Gasteiger partial charge in [-0.3, -0.25) is 0 Å². The zero-order valence-corrected chi connectivity index (χ0v) is 10.8. The monoisotopic (exact) mass is 238 g/mol. The van der Waals surface area contributed by atoms with Crippen molar-refractivity contribution >= 4 is 0 Å². The van der Waals surface area contributed by atoms with Crippen LogP contribution in [0, 0.1) is 0 Å². The SMILES string of the molecule is C[C@@H]1CCc2ccc(-c3cn4c(n3)CCC4)cc21. The molecule has 0 saturated carbocycles. The molecule has 0 radical (unpaired) electrons.